The fourth-order valence-corrected chi connectivity index (χ4v) is 5.58. The molecule has 2 saturated heterocycles. The van der Waals surface area contributed by atoms with Gasteiger partial charge >= 0.3 is 5.97 Å². The number of ether oxygens (including phenoxy) is 1. The highest BCUT2D eigenvalue weighted by Gasteiger charge is 2.41. The minimum absolute atomic E-state index is 0.190. The van der Waals surface area contributed by atoms with E-state index in [4.69, 9.17) is 4.74 Å². The standard InChI is InChI=1S/C27H31N3O5/c1-27(2,3)35-23(32)15-29-13-11-16(12-14-29)17-7-8-20-24-18(17)5-4-6-19(24)26(34)30(20)21-9-10-22(31)28-25(21)33/h4-8,16,21H,9-15H2,1-3H3,(H,28,31,33). The van der Waals surface area contributed by atoms with Gasteiger partial charge in [-0.05, 0) is 82.1 Å². The van der Waals surface area contributed by atoms with Gasteiger partial charge in [0.05, 0.1) is 12.2 Å². The Morgan fingerprint density at radius 1 is 1.06 bits per heavy atom. The molecular weight excluding hydrogens is 446 g/mol. The van der Waals surface area contributed by atoms with Gasteiger partial charge in [-0.1, -0.05) is 18.2 Å². The smallest absolute Gasteiger partial charge is 0.320 e. The molecule has 5 rings (SSSR count). The van der Waals surface area contributed by atoms with Crippen LogP contribution in [0.25, 0.3) is 10.8 Å². The first-order valence-electron chi connectivity index (χ1n) is 12.3. The van der Waals surface area contributed by atoms with Crippen molar-refractivity contribution in [2.24, 2.45) is 0 Å². The molecular formula is C27H31N3O5. The molecule has 0 saturated carbocycles. The number of nitrogens with zero attached hydrogens (tertiary/aromatic N) is 2. The lowest BCUT2D eigenvalue weighted by atomic mass is 9.85. The first-order valence-corrected chi connectivity index (χ1v) is 12.3. The van der Waals surface area contributed by atoms with Crippen LogP contribution in [0.5, 0.6) is 0 Å². The Balaban J connectivity index is 1.37. The molecule has 3 amide bonds. The highest BCUT2D eigenvalue weighted by atomic mass is 16.6. The average molecular weight is 478 g/mol. The molecule has 1 N–H and O–H groups in total. The molecule has 8 heteroatoms. The number of rotatable bonds is 4. The van der Waals surface area contributed by atoms with Gasteiger partial charge in [0.25, 0.3) is 5.91 Å². The van der Waals surface area contributed by atoms with Crippen LogP contribution >= 0.6 is 0 Å². The summed E-state index contributed by atoms with van der Waals surface area (Å²) in [6, 6.07) is 9.10. The molecule has 0 spiro atoms. The minimum Gasteiger partial charge on any atom is -0.459 e. The Labute approximate surface area is 204 Å². The minimum atomic E-state index is -0.683. The van der Waals surface area contributed by atoms with E-state index < -0.39 is 17.6 Å². The molecule has 1 unspecified atom stereocenters. The number of benzene rings is 2. The zero-order chi connectivity index (χ0) is 24.9. The van der Waals surface area contributed by atoms with Crippen LogP contribution in [0.1, 0.15) is 68.3 Å². The lowest BCUT2D eigenvalue weighted by Gasteiger charge is -2.33. The first-order chi connectivity index (χ1) is 16.6. The van der Waals surface area contributed by atoms with Crippen LogP contribution in [-0.4, -0.2) is 59.9 Å². The van der Waals surface area contributed by atoms with E-state index in [2.05, 4.69) is 16.3 Å². The maximum atomic E-state index is 13.3. The van der Waals surface area contributed by atoms with Crippen LogP contribution in [0.3, 0.4) is 0 Å². The number of carbonyl (C=O) groups excluding carboxylic acids is 4. The van der Waals surface area contributed by atoms with Gasteiger partial charge in [0.1, 0.15) is 11.6 Å². The van der Waals surface area contributed by atoms with E-state index in [0.717, 1.165) is 42.4 Å². The zero-order valence-electron chi connectivity index (χ0n) is 20.4. The third kappa shape index (κ3) is 4.43. The number of likely N-dealkylation sites (tertiary alicyclic amines) is 1. The fourth-order valence-electron chi connectivity index (χ4n) is 5.58. The van der Waals surface area contributed by atoms with E-state index >= 15 is 0 Å². The van der Waals surface area contributed by atoms with E-state index in [1.165, 1.54) is 5.56 Å². The van der Waals surface area contributed by atoms with Gasteiger partial charge in [0.2, 0.25) is 11.8 Å². The Morgan fingerprint density at radius 3 is 2.49 bits per heavy atom. The lowest BCUT2D eigenvalue weighted by Crippen LogP contribution is -2.53. The highest BCUT2D eigenvalue weighted by molar-refractivity contribution is 6.27. The van der Waals surface area contributed by atoms with Crippen molar-refractivity contribution in [3.63, 3.8) is 0 Å². The topological polar surface area (TPSA) is 96.0 Å². The summed E-state index contributed by atoms with van der Waals surface area (Å²) >= 11 is 0. The summed E-state index contributed by atoms with van der Waals surface area (Å²) in [7, 11) is 0. The second-order valence-electron chi connectivity index (χ2n) is 10.7. The molecule has 3 aliphatic rings. The van der Waals surface area contributed by atoms with Crippen molar-refractivity contribution >= 4 is 40.2 Å². The van der Waals surface area contributed by atoms with Gasteiger partial charge in [-0.15, -0.1) is 0 Å². The van der Waals surface area contributed by atoms with Crippen LogP contribution in [0.2, 0.25) is 0 Å². The molecule has 0 radical (unpaired) electrons. The zero-order valence-corrected chi connectivity index (χ0v) is 20.4. The van der Waals surface area contributed by atoms with Gasteiger partial charge in [-0.25, -0.2) is 0 Å². The number of amides is 3. The Hall–Kier alpha value is -3.26. The van der Waals surface area contributed by atoms with E-state index in [-0.39, 0.29) is 24.2 Å². The number of piperidine rings is 2. The van der Waals surface area contributed by atoms with E-state index in [0.29, 0.717) is 24.4 Å². The normalized spacial score (nSPS) is 21.5. The molecule has 0 aliphatic carbocycles. The van der Waals surface area contributed by atoms with Crippen molar-refractivity contribution in [1.82, 2.24) is 10.2 Å². The number of anilines is 1. The summed E-state index contributed by atoms with van der Waals surface area (Å²) in [5.74, 6) is -0.794. The molecule has 1 atom stereocenters. The third-order valence-corrected chi connectivity index (χ3v) is 7.08. The molecule has 2 fully saturated rings. The summed E-state index contributed by atoms with van der Waals surface area (Å²) in [5, 5.41) is 4.29. The van der Waals surface area contributed by atoms with Crippen molar-refractivity contribution in [3.05, 3.63) is 41.5 Å². The number of hydrogen-bond donors (Lipinski definition) is 1. The van der Waals surface area contributed by atoms with E-state index in [1.807, 2.05) is 45.0 Å². The Morgan fingerprint density at radius 2 is 1.80 bits per heavy atom. The quantitative estimate of drug-likeness (QED) is 0.537. The van der Waals surface area contributed by atoms with E-state index in [1.54, 1.807) is 4.90 Å². The maximum Gasteiger partial charge on any atom is 0.320 e. The van der Waals surface area contributed by atoms with Crippen LogP contribution in [0.4, 0.5) is 5.69 Å². The van der Waals surface area contributed by atoms with E-state index in [9.17, 15) is 19.2 Å². The molecule has 2 aromatic carbocycles. The monoisotopic (exact) mass is 477 g/mol. The van der Waals surface area contributed by atoms with Gasteiger partial charge in [0.15, 0.2) is 0 Å². The van der Waals surface area contributed by atoms with Crippen LogP contribution < -0.4 is 10.2 Å². The molecule has 3 aliphatic heterocycles. The molecule has 8 nitrogen and oxygen atoms in total. The summed E-state index contributed by atoms with van der Waals surface area (Å²) < 4.78 is 5.46. The Bertz CT molecular complexity index is 1220. The predicted molar refractivity (Wildman–Crippen MR) is 131 cm³/mol. The second-order valence-corrected chi connectivity index (χ2v) is 10.7. The van der Waals surface area contributed by atoms with Crippen LogP contribution in [0, 0.1) is 0 Å². The van der Waals surface area contributed by atoms with Crippen molar-refractivity contribution in [3.8, 4) is 0 Å². The van der Waals surface area contributed by atoms with Gasteiger partial charge in [-0.3, -0.25) is 34.3 Å². The molecule has 0 bridgehead atoms. The molecule has 0 aromatic heterocycles. The predicted octanol–water partition coefficient (Wildman–Crippen LogP) is 3.13. The van der Waals surface area contributed by atoms with Crippen LogP contribution in [-0.2, 0) is 19.1 Å². The largest absolute Gasteiger partial charge is 0.459 e. The van der Waals surface area contributed by atoms with Crippen molar-refractivity contribution in [2.75, 3.05) is 24.5 Å². The van der Waals surface area contributed by atoms with Crippen molar-refractivity contribution < 1.29 is 23.9 Å². The lowest BCUT2D eigenvalue weighted by molar-refractivity contribution is -0.156. The number of carbonyl (C=O) groups is 4. The summed E-state index contributed by atoms with van der Waals surface area (Å²) in [6.07, 6.45) is 2.36. The first kappa shape index (κ1) is 23.5. The maximum absolute atomic E-state index is 13.3. The average Bonchev–Trinajstić information content (AvgIpc) is 3.07. The summed E-state index contributed by atoms with van der Waals surface area (Å²) in [5.41, 5.74) is 2.05. The SMILES string of the molecule is CC(C)(C)OC(=O)CN1CCC(c2ccc3c4c(cccc24)C(=O)N3C2CCC(=O)NC2=O)CC1. The molecule has 3 heterocycles. The van der Waals surface area contributed by atoms with Gasteiger partial charge in [0, 0.05) is 17.4 Å². The van der Waals surface area contributed by atoms with Gasteiger partial charge in [-0.2, -0.15) is 0 Å². The third-order valence-electron chi connectivity index (χ3n) is 7.08. The van der Waals surface area contributed by atoms with Crippen molar-refractivity contribution in [1.29, 1.82) is 0 Å². The summed E-state index contributed by atoms with van der Waals surface area (Å²) in [6.45, 7) is 7.52. The number of imide groups is 1. The summed E-state index contributed by atoms with van der Waals surface area (Å²) in [4.78, 5) is 53.4. The Kier molecular flexibility index (Phi) is 5.87. The molecule has 2 aromatic rings. The number of hydrogen-bond acceptors (Lipinski definition) is 6. The number of esters is 1. The second kappa shape index (κ2) is 8.75. The van der Waals surface area contributed by atoms with Gasteiger partial charge < -0.3 is 4.74 Å². The van der Waals surface area contributed by atoms with Crippen molar-refractivity contribution in [2.45, 2.75) is 64.0 Å². The molecule has 184 valence electrons. The highest BCUT2D eigenvalue weighted by Crippen LogP contribution is 2.44. The number of nitrogens with one attached hydrogen (secondary N) is 1. The molecule has 35 heavy (non-hydrogen) atoms. The fraction of sp³-hybridized carbons (Fsp3) is 0.481. The van der Waals surface area contributed by atoms with Crippen LogP contribution in [0.15, 0.2) is 30.3 Å².